The number of unbranched alkanes of at least 4 members (excludes halogenated alkanes) is 19. The average molecular weight is 589 g/mol. The van der Waals surface area contributed by atoms with E-state index in [-0.39, 0.29) is 0 Å². The van der Waals surface area contributed by atoms with E-state index in [2.05, 4.69) is 13.8 Å². The fourth-order valence-corrected chi connectivity index (χ4v) is 4.76. The van der Waals surface area contributed by atoms with Crippen molar-refractivity contribution in [2.75, 3.05) is 79.3 Å². The first-order chi connectivity index (χ1) is 20.4. The third kappa shape index (κ3) is 39.8. The van der Waals surface area contributed by atoms with Crippen molar-refractivity contribution in [3.63, 3.8) is 0 Å². The predicted molar refractivity (Wildman–Crippen MR) is 173 cm³/mol. The maximum atomic E-state index is 5.68. The third-order valence-corrected chi connectivity index (χ3v) is 7.39. The SMILES string of the molecule is CCCCCCCCCCCCCCCCCCOCCOCCOCCOCCOCCOCCCCCCC. The summed E-state index contributed by atoms with van der Waals surface area (Å²) in [6, 6.07) is 0. The highest BCUT2D eigenvalue weighted by Crippen LogP contribution is 2.13. The Morgan fingerprint density at radius 1 is 0.195 bits per heavy atom. The number of hydrogen-bond acceptors (Lipinski definition) is 6. The Kier molecular flexibility index (Phi) is 39.5. The van der Waals surface area contributed by atoms with Gasteiger partial charge < -0.3 is 28.4 Å². The quantitative estimate of drug-likeness (QED) is 0.0670. The molecule has 0 amide bonds. The monoisotopic (exact) mass is 589 g/mol. The largest absolute Gasteiger partial charge is 0.379 e. The molecule has 0 unspecified atom stereocenters. The zero-order valence-corrected chi connectivity index (χ0v) is 27.8. The molecule has 0 bridgehead atoms. The highest BCUT2D eigenvalue weighted by atomic mass is 16.6. The molecule has 0 atom stereocenters. The van der Waals surface area contributed by atoms with Crippen LogP contribution in [0.5, 0.6) is 0 Å². The van der Waals surface area contributed by atoms with E-state index in [4.69, 9.17) is 28.4 Å². The normalized spacial score (nSPS) is 11.6. The molecule has 0 aromatic heterocycles. The van der Waals surface area contributed by atoms with Crippen LogP contribution in [0, 0.1) is 0 Å². The lowest BCUT2D eigenvalue weighted by atomic mass is 10.0. The van der Waals surface area contributed by atoms with E-state index in [0.717, 1.165) is 19.6 Å². The van der Waals surface area contributed by atoms with E-state index in [0.29, 0.717) is 66.1 Å². The molecular weight excluding hydrogens is 516 g/mol. The van der Waals surface area contributed by atoms with Crippen molar-refractivity contribution in [3.05, 3.63) is 0 Å². The first-order valence-electron chi connectivity index (χ1n) is 17.9. The lowest BCUT2D eigenvalue weighted by Crippen LogP contribution is -2.14. The molecule has 0 aliphatic rings. The summed E-state index contributed by atoms with van der Waals surface area (Å²) >= 11 is 0. The van der Waals surface area contributed by atoms with Gasteiger partial charge in [-0.1, -0.05) is 136 Å². The maximum Gasteiger partial charge on any atom is 0.0701 e. The van der Waals surface area contributed by atoms with Crippen LogP contribution in [0.2, 0.25) is 0 Å². The number of hydrogen-bond donors (Lipinski definition) is 0. The van der Waals surface area contributed by atoms with E-state index in [1.54, 1.807) is 0 Å². The van der Waals surface area contributed by atoms with E-state index >= 15 is 0 Å². The molecule has 248 valence electrons. The second-order valence-corrected chi connectivity index (χ2v) is 11.4. The molecule has 6 nitrogen and oxygen atoms in total. The molecule has 0 radical (unpaired) electrons. The van der Waals surface area contributed by atoms with Crippen molar-refractivity contribution in [1.29, 1.82) is 0 Å². The molecule has 0 aromatic rings. The lowest BCUT2D eigenvalue weighted by molar-refractivity contribution is -0.0169. The molecule has 0 heterocycles. The van der Waals surface area contributed by atoms with Crippen LogP contribution in [-0.4, -0.2) is 79.3 Å². The Hall–Kier alpha value is -0.240. The zero-order valence-electron chi connectivity index (χ0n) is 27.8. The van der Waals surface area contributed by atoms with Crippen LogP contribution in [0.25, 0.3) is 0 Å². The van der Waals surface area contributed by atoms with Crippen LogP contribution in [0.15, 0.2) is 0 Å². The minimum Gasteiger partial charge on any atom is -0.379 e. The smallest absolute Gasteiger partial charge is 0.0701 e. The molecule has 0 spiro atoms. The second-order valence-electron chi connectivity index (χ2n) is 11.4. The van der Waals surface area contributed by atoms with Crippen molar-refractivity contribution in [2.24, 2.45) is 0 Å². The average Bonchev–Trinajstić information content (AvgIpc) is 2.98. The van der Waals surface area contributed by atoms with Gasteiger partial charge in [0.2, 0.25) is 0 Å². The second kappa shape index (κ2) is 39.8. The summed E-state index contributed by atoms with van der Waals surface area (Å²) in [5.41, 5.74) is 0. The Labute approximate surface area is 256 Å². The van der Waals surface area contributed by atoms with Gasteiger partial charge in [-0.25, -0.2) is 0 Å². The van der Waals surface area contributed by atoms with Crippen molar-refractivity contribution in [2.45, 2.75) is 149 Å². The van der Waals surface area contributed by atoms with Gasteiger partial charge >= 0.3 is 0 Å². The van der Waals surface area contributed by atoms with Gasteiger partial charge in [-0.05, 0) is 12.8 Å². The van der Waals surface area contributed by atoms with Crippen molar-refractivity contribution in [1.82, 2.24) is 0 Å². The molecule has 0 rings (SSSR count). The Balaban J connectivity index is 3.02. The van der Waals surface area contributed by atoms with Crippen LogP contribution in [0.3, 0.4) is 0 Å². The van der Waals surface area contributed by atoms with Gasteiger partial charge in [0.15, 0.2) is 0 Å². The van der Waals surface area contributed by atoms with Gasteiger partial charge in [0.1, 0.15) is 0 Å². The predicted octanol–water partition coefficient (Wildman–Crippen LogP) is 9.32. The summed E-state index contributed by atoms with van der Waals surface area (Å²) < 4.78 is 33.4. The van der Waals surface area contributed by atoms with Crippen LogP contribution >= 0.6 is 0 Å². The summed E-state index contributed by atoms with van der Waals surface area (Å²) in [5, 5.41) is 0. The Morgan fingerprint density at radius 2 is 0.366 bits per heavy atom. The van der Waals surface area contributed by atoms with Gasteiger partial charge in [-0.15, -0.1) is 0 Å². The highest BCUT2D eigenvalue weighted by Gasteiger charge is 1.97. The van der Waals surface area contributed by atoms with E-state index < -0.39 is 0 Å². The summed E-state index contributed by atoms with van der Waals surface area (Å²) in [6.07, 6.45) is 28.7. The molecule has 0 saturated heterocycles. The first kappa shape index (κ1) is 40.8. The number of ether oxygens (including phenoxy) is 6. The zero-order chi connectivity index (χ0) is 29.6. The van der Waals surface area contributed by atoms with Gasteiger partial charge in [-0.2, -0.15) is 0 Å². The van der Waals surface area contributed by atoms with Crippen LogP contribution in [0.1, 0.15) is 149 Å². The highest BCUT2D eigenvalue weighted by molar-refractivity contribution is 4.50. The van der Waals surface area contributed by atoms with Gasteiger partial charge in [-0.3, -0.25) is 0 Å². The fourth-order valence-electron chi connectivity index (χ4n) is 4.76. The summed E-state index contributed by atoms with van der Waals surface area (Å²) in [7, 11) is 0. The summed E-state index contributed by atoms with van der Waals surface area (Å²) in [6.45, 7) is 12.4. The minimum atomic E-state index is 0.583. The first-order valence-corrected chi connectivity index (χ1v) is 17.9. The molecule has 0 aromatic carbocycles. The van der Waals surface area contributed by atoms with Gasteiger partial charge in [0, 0.05) is 13.2 Å². The molecule has 0 N–H and O–H groups in total. The van der Waals surface area contributed by atoms with E-state index in [9.17, 15) is 0 Å². The number of rotatable bonds is 38. The molecule has 6 heteroatoms. The molecular formula is C35H72O6. The molecule has 0 saturated carbocycles. The van der Waals surface area contributed by atoms with Crippen LogP contribution in [-0.2, 0) is 28.4 Å². The van der Waals surface area contributed by atoms with Crippen molar-refractivity contribution >= 4 is 0 Å². The molecule has 0 fully saturated rings. The molecule has 0 aliphatic heterocycles. The molecule has 0 aliphatic carbocycles. The van der Waals surface area contributed by atoms with Crippen LogP contribution in [0.4, 0.5) is 0 Å². The lowest BCUT2D eigenvalue weighted by Gasteiger charge is -2.08. The summed E-state index contributed by atoms with van der Waals surface area (Å²) in [5.74, 6) is 0. The Morgan fingerprint density at radius 3 is 0.585 bits per heavy atom. The van der Waals surface area contributed by atoms with Gasteiger partial charge in [0.25, 0.3) is 0 Å². The topological polar surface area (TPSA) is 55.4 Å². The summed E-state index contributed by atoms with van der Waals surface area (Å²) in [4.78, 5) is 0. The van der Waals surface area contributed by atoms with E-state index in [1.807, 2.05) is 0 Å². The van der Waals surface area contributed by atoms with E-state index in [1.165, 1.54) is 128 Å². The van der Waals surface area contributed by atoms with Crippen LogP contribution < -0.4 is 0 Å². The Bertz CT molecular complexity index is 399. The molecule has 41 heavy (non-hydrogen) atoms. The maximum absolute atomic E-state index is 5.68. The third-order valence-electron chi connectivity index (χ3n) is 7.39. The minimum absolute atomic E-state index is 0.583. The van der Waals surface area contributed by atoms with Crippen molar-refractivity contribution < 1.29 is 28.4 Å². The van der Waals surface area contributed by atoms with Crippen molar-refractivity contribution in [3.8, 4) is 0 Å². The fraction of sp³-hybridized carbons (Fsp3) is 1.00. The van der Waals surface area contributed by atoms with Gasteiger partial charge in [0.05, 0.1) is 66.1 Å². The standard InChI is InChI=1S/C35H72O6/c1-3-5-7-9-10-11-12-13-14-15-16-17-18-19-21-23-25-37-27-29-39-31-33-41-35-34-40-32-30-38-28-26-36-24-22-20-8-6-4-2/h3-35H2,1-2H3.